The van der Waals surface area contributed by atoms with E-state index in [1.54, 1.807) is 23.2 Å². The first kappa shape index (κ1) is 19.5. The topological polar surface area (TPSA) is 96.6 Å². The fourth-order valence-electron chi connectivity index (χ4n) is 2.58. The number of piperidine rings is 1. The molecule has 8 heteroatoms. The molecule has 1 aromatic heterocycles. The number of carbonyl (C=O) groups excluding carboxylic acids is 1. The Kier molecular flexibility index (Phi) is 6.64. The van der Waals surface area contributed by atoms with Crippen LogP contribution in [0.2, 0.25) is 0 Å². The molecule has 3 N–H and O–H groups in total. The van der Waals surface area contributed by atoms with Gasteiger partial charge in [-0.15, -0.1) is 0 Å². The molecule has 1 aromatic rings. The molecule has 0 aliphatic carbocycles. The lowest BCUT2D eigenvalue weighted by Crippen LogP contribution is -2.47. The molecule has 1 fully saturated rings. The number of aromatic nitrogens is 2. The molecule has 0 saturated carbocycles. The second-order valence-corrected chi connectivity index (χ2v) is 7.89. The van der Waals surface area contributed by atoms with Crippen molar-refractivity contribution in [2.45, 2.75) is 51.7 Å². The molecule has 1 aliphatic heterocycles. The van der Waals surface area contributed by atoms with Crippen molar-refractivity contribution in [2.75, 3.05) is 13.1 Å². The number of amides is 1. The molecule has 0 radical (unpaired) electrons. The number of amidine groups is 1. The number of nitrogens with two attached hydrogens (primary N) is 1. The number of ether oxygens (including phenoxy) is 1. The number of rotatable bonds is 4. The Balaban J connectivity index is 1.95. The van der Waals surface area contributed by atoms with E-state index in [-0.39, 0.29) is 12.1 Å². The van der Waals surface area contributed by atoms with Crippen LogP contribution in [-0.2, 0) is 4.74 Å². The second-order valence-electron chi connectivity index (χ2n) is 7.04. The summed E-state index contributed by atoms with van der Waals surface area (Å²) >= 11 is 3.30. The first-order valence-electron chi connectivity index (χ1n) is 8.43. The SMILES string of the molecule is CC(C)(C)OC(=O)N1CCCC[C@H]1CN=C(N)/C=C\c1ncc(Br)[nH]1. The summed E-state index contributed by atoms with van der Waals surface area (Å²) in [5, 5.41) is 0. The number of nitrogens with zero attached hydrogens (tertiary/aromatic N) is 3. The van der Waals surface area contributed by atoms with Crippen LogP contribution < -0.4 is 5.73 Å². The number of nitrogens with one attached hydrogen (secondary N) is 1. The summed E-state index contributed by atoms with van der Waals surface area (Å²) in [6.45, 7) is 6.79. The van der Waals surface area contributed by atoms with Gasteiger partial charge < -0.3 is 20.4 Å². The number of aliphatic imine (C=N–C) groups is 1. The van der Waals surface area contributed by atoms with Gasteiger partial charge in [-0.1, -0.05) is 0 Å². The summed E-state index contributed by atoms with van der Waals surface area (Å²) in [4.78, 5) is 25.7. The Hall–Kier alpha value is -1.83. The summed E-state index contributed by atoms with van der Waals surface area (Å²) < 4.78 is 6.30. The molecular weight excluding hydrogens is 386 g/mol. The average Bonchev–Trinajstić information content (AvgIpc) is 2.95. The second kappa shape index (κ2) is 8.51. The van der Waals surface area contributed by atoms with E-state index >= 15 is 0 Å². The molecule has 0 bridgehead atoms. The molecule has 1 saturated heterocycles. The van der Waals surface area contributed by atoms with Crippen molar-refractivity contribution in [3.63, 3.8) is 0 Å². The predicted octanol–water partition coefficient (Wildman–Crippen LogP) is 3.33. The Labute approximate surface area is 156 Å². The number of halogens is 1. The van der Waals surface area contributed by atoms with Crippen LogP contribution in [0.15, 0.2) is 21.9 Å². The predicted molar refractivity (Wildman–Crippen MR) is 102 cm³/mol. The molecule has 2 heterocycles. The third-order valence-electron chi connectivity index (χ3n) is 3.72. The van der Waals surface area contributed by atoms with Gasteiger partial charge in [0.05, 0.1) is 18.8 Å². The smallest absolute Gasteiger partial charge is 0.410 e. The van der Waals surface area contributed by atoms with Gasteiger partial charge in [-0.3, -0.25) is 4.99 Å². The van der Waals surface area contributed by atoms with Gasteiger partial charge in [0, 0.05) is 6.54 Å². The first-order chi connectivity index (χ1) is 11.7. The van der Waals surface area contributed by atoms with Crippen LogP contribution in [0.25, 0.3) is 6.08 Å². The van der Waals surface area contributed by atoms with E-state index in [1.165, 1.54) is 0 Å². The maximum atomic E-state index is 12.4. The van der Waals surface area contributed by atoms with Crippen LogP contribution in [0.1, 0.15) is 45.9 Å². The normalized spacial score (nSPS) is 19.4. The molecule has 0 aromatic carbocycles. The number of likely N-dealkylation sites (tertiary alicyclic amines) is 1. The van der Waals surface area contributed by atoms with E-state index in [2.05, 4.69) is 30.9 Å². The standard InChI is InChI=1S/C17H26BrN5O2/c1-17(2,3)25-16(24)23-9-5-4-6-12(23)10-20-14(19)7-8-15-21-11-13(18)22-15/h7-8,11-12H,4-6,9-10H2,1-3H3,(H2,19,20)(H,21,22)/b8-7-/t12-/m0/s1. The molecule has 7 nitrogen and oxygen atoms in total. The Bertz CT molecular complexity index is 648. The van der Waals surface area contributed by atoms with E-state index in [4.69, 9.17) is 10.5 Å². The van der Waals surface area contributed by atoms with Crippen molar-refractivity contribution in [2.24, 2.45) is 10.7 Å². The number of aromatic amines is 1. The maximum absolute atomic E-state index is 12.4. The van der Waals surface area contributed by atoms with E-state index in [9.17, 15) is 4.79 Å². The summed E-state index contributed by atoms with van der Waals surface area (Å²) in [7, 11) is 0. The van der Waals surface area contributed by atoms with Gasteiger partial charge in [-0.05, 0) is 68.1 Å². The van der Waals surface area contributed by atoms with Crippen molar-refractivity contribution in [3.05, 3.63) is 22.7 Å². The van der Waals surface area contributed by atoms with E-state index in [0.29, 0.717) is 24.7 Å². The largest absolute Gasteiger partial charge is 0.444 e. The Morgan fingerprint density at radius 2 is 2.32 bits per heavy atom. The zero-order chi connectivity index (χ0) is 18.4. The quantitative estimate of drug-likeness (QED) is 0.586. The molecule has 0 unspecified atom stereocenters. The molecule has 1 aliphatic rings. The number of imidazole rings is 1. The van der Waals surface area contributed by atoms with Crippen LogP contribution in [0.5, 0.6) is 0 Å². The highest BCUT2D eigenvalue weighted by Crippen LogP contribution is 2.20. The lowest BCUT2D eigenvalue weighted by molar-refractivity contribution is 0.0110. The minimum absolute atomic E-state index is 0.0216. The fraction of sp³-hybridized carbons (Fsp3) is 0.588. The first-order valence-corrected chi connectivity index (χ1v) is 9.22. The van der Waals surface area contributed by atoms with E-state index in [0.717, 1.165) is 23.9 Å². The van der Waals surface area contributed by atoms with Gasteiger partial charge in [-0.2, -0.15) is 0 Å². The zero-order valence-electron chi connectivity index (χ0n) is 15.0. The summed E-state index contributed by atoms with van der Waals surface area (Å²) in [5.74, 6) is 1.10. The minimum Gasteiger partial charge on any atom is -0.444 e. The van der Waals surface area contributed by atoms with Crippen LogP contribution in [0.3, 0.4) is 0 Å². The van der Waals surface area contributed by atoms with Crippen molar-refractivity contribution in [1.29, 1.82) is 0 Å². The summed E-state index contributed by atoms with van der Waals surface area (Å²) in [6.07, 6.45) is 7.83. The third kappa shape index (κ3) is 6.53. The lowest BCUT2D eigenvalue weighted by atomic mass is 10.0. The minimum atomic E-state index is -0.499. The average molecular weight is 412 g/mol. The highest BCUT2D eigenvalue weighted by atomic mass is 79.9. The molecule has 1 atom stereocenters. The number of H-pyrrole nitrogens is 1. The summed E-state index contributed by atoms with van der Waals surface area (Å²) in [5.41, 5.74) is 5.45. The van der Waals surface area contributed by atoms with Gasteiger partial charge in [0.2, 0.25) is 0 Å². The van der Waals surface area contributed by atoms with E-state index < -0.39 is 5.60 Å². The van der Waals surface area contributed by atoms with Crippen molar-refractivity contribution in [1.82, 2.24) is 14.9 Å². The van der Waals surface area contributed by atoms with Crippen molar-refractivity contribution >= 4 is 33.9 Å². The van der Waals surface area contributed by atoms with Gasteiger partial charge in [0.15, 0.2) is 0 Å². The third-order valence-corrected chi connectivity index (χ3v) is 4.12. The molecule has 25 heavy (non-hydrogen) atoms. The molecule has 1 amide bonds. The zero-order valence-corrected chi connectivity index (χ0v) is 16.5. The van der Waals surface area contributed by atoms with E-state index in [1.807, 2.05) is 20.8 Å². The maximum Gasteiger partial charge on any atom is 0.410 e. The number of hydrogen-bond acceptors (Lipinski definition) is 4. The highest BCUT2D eigenvalue weighted by molar-refractivity contribution is 9.10. The van der Waals surface area contributed by atoms with Gasteiger partial charge >= 0.3 is 6.09 Å². The van der Waals surface area contributed by atoms with Crippen molar-refractivity contribution in [3.8, 4) is 0 Å². The molecule has 138 valence electrons. The molecule has 2 rings (SSSR count). The van der Waals surface area contributed by atoms with Crippen LogP contribution in [0.4, 0.5) is 4.79 Å². The number of carbonyl (C=O) groups is 1. The van der Waals surface area contributed by atoms with Crippen LogP contribution >= 0.6 is 15.9 Å². The van der Waals surface area contributed by atoms with Gasteiger partial charge in [-0.25, -0.2) is 9.78 Å². The summed E-state index contributed by atoms with van der Waals surface area (Å²) in [6, 6.07) is 0.0216. The molecular formula is C17H26BrN5O2. The Morgan fingerprint density at radius 3 is 2.96 bits per heavy atom. The van der Waals surface area contributed by atoms with Gasteiger partial charge in [0.1, 0.15) is 21.9 Å². The van der Waals surface area contributed by atoms with Crippen LogP contribution in [-0.4, -0.2) is 51.5 Å². The van der Waals surface area contributed by atoms with Gasteiger partial charge in [0.25, 0.3) is 0 Å². The molecule has 0 spiro atoms. The Morgan fingerprint density at radius 1 is 1.56 bits per heavy atom. The highest BCUT2D eigenvalue weighted by Gasteiger charge is 2.30. The van der Waals surface area contributed by atoms with Crippen molar-refractivity contribution < 1.29 is 9.53 Å². The number of hydrogen-bond donors (Lipinski definition) is 2. The fourth-order valence-corrected chi connectivity index (χ4v) is 2.88. The lowest BCUT2D eigenvalue weighted by Gasteiger charge is -2.36. The monoisotopic (exact) mass is 411 g/mol. The van der Waals surface area contributed by atoms with Crippen LogP contribution in [0, 0.1) is 0 Å².